The molecule has 2 aromatic rings. The van der Waals surface area contributed by atoms with Crippen LogP contribution in [0.3, 0.4) is 0 Å². The molecule has 0 aliphatic heterocycles. The van der Waals surface area contributed by atoms with Crippen molar-refractivity contribution in [1.29, 1.82) is 0 Å². The molecule has 0 aliphatic rings. The highest BCUT2D eigenvalue weighted by molar-refractivity contribution is 9.10. The summed E-state index contributed by atoms with van der Waals surface area (Å²) in [5.41, 5.74) is 5.59. The van der Waals surface area contributed by atoms with Crippen molar-refractivity contribution in [3.05, 3.63) is 55.1 Å². The number of nitrogens with zero attached hydrogens (tertiary/aromatic N) is 2. The maximum absolute atomic E-state index is 12.9. The lowest BCUT2D eigenvalue weighted by Crippen LogP contribution is -2.43. The maximum atomic E-state index is 12.9. The Labute approximate surface area is 165 Å². The molecule has 27 heavy (non-hydrogen) atoms. The highest BCUT2D eigenvalue weighted by atomic mass is 79.9. The molecule has 0 fully saturated rings. The normalized spacial score (nSPS) is 10.8. The van der Waals surface area contributed by atoms with Crippen molar-refractivity contribution in [2.45, 2.75) is 26.3 Å². The molecule has 0 spiro atoms. The van der Waals surface area contributed by atoms with Gasteiger partial charge in [-0.15, -0.1) is 0 Å². The Morgan fingerprint density at radius 2 is 1.96 bits per heavy atom. The van der Waals surface area contributed by atoms with E-state index >= 15 is 0 Å². The lowest BCUT2D eigenvalue weighted by atomic mass is 10.1. The van der Waals surface area contributed by atoms with E-state index in [1.165, 1.54) is 16.6 Å². The second-order valence-electron chi connectivity index (χ2n) is 5.99. The van der Waals surface area contributed by atoms with E-state index in [4.69, 9.17) is 10.5 Å². The minimum atomic E-state index is -0.690. The molecule has 146 valence electrons. The van der Waals surface area contributed by atoms with Gasteiger partial charge in [0.25, 0.3) is 5.56 Å². The van der Waals surface area contributed by atoms with Crippen LogP contribution in [0.4, 0.5) is 11.5 Å². The van der Waals surface area contributed by atoms with Gasteiger partial charge in [0, 0.05) is 24.7 Å². The average Bonchev–Trinajstić information content (AvgIpc) is 2.63. The summed E-state index contributed by atoms with van der Waals surface area (Å²) in [5.74, 6) is -0.334. The predicted octanol–water partition coefficient (Wildman–Crippen LogP) is 1.51. The van der Waals surface area contributed by atoms with E-state index in [9.17, 15) is 14.4 Å². The van der Waals surface area contributed by atoms with Crippen LogP contribution in [-0.4, -0.2) is 35.7 Å². The van der Waals surface area contributed by atoms with Crippen LogP contribution in [-0.2, 0) is 22.5 Å². The largest absolute Gasteiger partial charge is 0.383 e. The van der Waals surface area contributed by atoms with Crippen LogP contribution in [0.25, 0.3) is 0 Å². The highest BCUT2D eigenvalue weighted by Crippen LogP contribution is 2.19. The molecule has 0 bridgehead atoms. The van der Waals surface area contributed by atoms with Crippen molar-refractivity contribution >= 4 is 33.3 Å². The molecule has 0 saturated carbocycles. The Morgan fingerprint density at radius 1 is 1.30 bits per heavy atom. The van der Waals surface area contributed by atoms with Crippen molar-refractivity contribution in [2.24, 2.45) is 0 Å². The molecular formula is C18H23BrN4O4. The monoisotopic (exact) mass is 438 g/mol. The van der Waals surface area contributed by atoms with Gasteiger partial charge in [0.15, 0.2) is 5.69 Å². The van der Waals surface area contributed by atoms with Crippen LogP contribution in [0.2, 0.25) is 0 Å². The van der Waals surface area contributed by atoms with Crippen molar-refractivity contribution in [3.8, 4) is 0 Å². The summed E-state index contributed by atoms with van der Waals surface area (Å²) in [6, 6.07) is 7.32. The number of nitrogens with two attached hydrogens (primary N) is 1. The number of benzene rings is 1. The predicted molar refractivity (Wildman–Crippen MR) is 108 cm³/mol. The van der Waals surface area contributed by atoms with E-state index in [2.05, 4.69) is 20.9 Å². The van der Waals surface area contributed by atoms with Crippen molar-refractivity contribution in [1.82, 2.24) is 9.55 Å². The number of ether oxygens (including phenoxy) is 1. The fourth-order valence-electron chi connectivity index (χ4n) is 2.70. The Hall–Kier alpha value is -2.39. The van der Waals surface area contributed by atoms with Crippen LogP contribution in [0.5, 0.6) is 0 Å². The maximum Gasteiger partial charge on any atom is 0.330 e. The third kappa shape index (κ3) is 5.08. The van der Waals surface area contributed by atoms with Crippen LogP contribution < -0.4 is 21.9 Å². The van der Waals surface area contributed by atoms with Crippen LogP contribution in [0.1, 0.15) is 18.9 Å². The van der Waals surface area contributed by atoms with Crippen molar-refractivity contribution in [3.63, 3.8) is 0 Å². The molecule has 0 saturated heterocycles. The van der Waals surface area contributed by atoms with Crippen LogP contribution in [0, 0.1) is 0 Å². The summed E-state index contributed by atoms with van der Waals surface area (Å²) < 4.78 is 7.24. The fraction of sp³-hybridized carbons (Fsp3) is 0.389. The zero-order chi connectivity index (χ0) is 20.0. The molecule has 9 heteroatoms. The van der Waals surface area contributed by atoms with Crippen molar-refractivity contribution in [2.75, 3.05) is 30.9 Å². The van der Waals surface area contributed by atoms with Gasteiger partial charge >= 0.3 is 5.69 Å². The molecule has 1 heterocycles. The van der Waals surface area contributed by atoms with Gasteiger partial charge in [-0.3, -0.25) is 19.1 Å². The van der Waals surface area contributed by atoms with Gasteiger partial charge in [-0.25, -0.2) is 4.79 Å². The minimum absolute atomic E-state index is 0.0224. The first-order valence-electron chi connectivity index (χ1n) is 8.55. The number of hydrogen-bond acceptors (Lipinski definition) is 5. The Kier molecular flexibility index (Phi) is 7.37. The molecule has 0 atom stereocenters. The SMILES string of the molecule is CCCn1c(N)c(N(CCOC)C(=O)Cc2ccc(Br)cc2)c(=O)[nH]c1=O. The number of aromatic amines is 1. The number of amides is 1. The minimum Gasteiger partial charge on any atom is -0.383 e. The average molecular weight is 439 g/mol. The first-order chi connectivity index (χ1) is 12.9. The second kappa shape index (κ2) is 9.52. The fourth-order valence-corrected chi connectivity index (χ4v) is 2.96. The van der Waals surface area contributed by atoms with E-state index < -0.39 is 11.2 Å². The molecule has 1 amide bonds. The molecule has 1 aromatic heterocycles. The topological polar surface area (TPSA) is 110 Å². The molecule has 2 rings (SSSR count). The number of carbonyl (C=O) groups is 1. The number of halogens is 1. The molecular weight excluding hydrogens is 416 g/mol. The third-order valence-corrected chi connectivity index (χ3v) is 4.55. The van der Waals surface area contributed by atoms with Gasteiger partial charge in [0.2, 0.25) is 5.91 Å². The number of hydrogen-bond donors (Lipinski definition) is 2. The number of methoxy groups -OCH3 is 1. The highest BCUT2D eigenvalue weighted by Gasteiger charge is 2.24. The summed E-state index contributed by atoms with van der Waals surface area (Å²) >= 11 is 3.35. The number of H-pyrrole nitrogens is 1. The molecule has 0 unspecified atom stereocenters. The summed E-state index contributed by atoms with van der Waals surface area (Å²) in [6.07, 6.45) is 0.739. The number of anilines is 2. The van der Waals surface area contributed by atoms with E-state index in [0.717, 1.165) is 10.0 Å². The zero-order valence-corrected chi connectivity index (χ0v) is 16.9. The Balaban J connectivity index is 2.45. The zero-order valence-electron chi connectivity index (χ0n) is 15.3. The Bertz CT molecular complexity index is 905. The smallest absolute Gasteiger partial charge is 0.330 e. The van der Waals surface area contributed by atoms with E-state index in [-0.39, 0.29) is 37.0 Å². The summed E-state index contributed by atoms with van der Waals surface area (Å²) in [7, 11) is 1.50. The van der Waals surface area contributed by atoms with Crippen LogP contribution >= 0.6 is 15.9 Å². The first-order valence-corrected chi connectivity index (χ1v) is 9.34. The van der Waals surface area contributed by atoms with Gasteiger partial charge in [0.1, 0.15) is 5.82 Å². The van der Waals surface area contributed by atoms with Crippen molar-refractivity contribution < 1.29 is 9.53 Å². The summed E-state index contributed by atoms with van der Waals surface area (Å²) in [4.78, 5) is 40.9. The van der Waals surface area contributed by atoms with Gasteiger partial charge in [-0.05, 0) is 24.1 Å². The number of carbonyl (C=O) groups excluding carboxylic acids is 1. The molecule has 1 aromatic carbocycles. The number of aromatic nitrogens is 2. The summed E-state index contributed by atoms with van der Waals surface area (Å²) in [5, 5.41) is 0. The van der Waals surface area contributed by atoms with E-state index in [0.29, 0.717) is 13.0 Å². The van der Waals surface area contributed by atoms with Gasteiger partial charge in [0.05, 0.1) is 13.0 Å². The number of nitrogens with one attached hydrogen (secondary N) is 1. The molecule has 3 N–H and O–H groups in total. The molecule has 0 radical (unpaired) electrons. The lowest BCUT2D eigenvalue weighted by Gasteiger charge is -2.24. The third-order valence-electron chi connectivity index (χ3n) is 4.02. The van der Waals surface area contributed by atoms with Gasteiger partial charge in [-0.1, -0.05) is 35.0 Å². The Morgan fingerprint density at radius 3 is 2.56 bits per heavy atom. The standard InChI is InChI=1S/C18H23BrN4O4/c1-3-8-23-16(20)15(17(25)21-18(23)26)22(9-10-27-2)14(24)11-12-4-6-13(19)7-5-12/h4-7H,3,8-11,20H2,1-2H3,(H,21,25,26). The summed E-state index contributed by atoms with van der Waals surface area (Å²) in [6.45, 7) is 2.59. The number of nitrogen functional groups attached to an aromatic ring is 1. The van der Waals surface area contributed by atoms with Gasteiger partial charge in [-0.2, -0.15) is 0 Å². The second-order valence-corrected chi connectivity index (χ2v) is 6.90. The number of rotatable bonds is 8. The van der Waals surface area contributed by atoms with Gasteiger partial charge < -0.3 is 15.4 Å². The first kappa shape index (κ1) is 20.9. The van der Waals surface area contributed by atoms with Crippen LogP contribution in [0.15, 0.2) is 38.3 Å². The lowest BCUT2D eigenvalue weighted by molar-refractivity contribution is -0.118. The van der Waals surface area contributed by atoms with E-state index in [1.54, 1.807) is 0 Å². The molecule has 8 nitrogen and oxygen atoms in total. The quantitative estimate of drug-likeness (QED) is 0.648. The molecule has 0 aliphatic carbocycles. The van der Waals surface area contributed by atoms with E-state index in [1.807, 2.05) is 31.2 Å².